The molecular weight excluding hydrogens is 154 g/mol. The van der Waals surface area contributed by atoms with E-state index in [0.717, 1.165) is 0 Å². The van der Waals surface area contributed by atoms with Gasteiger partial charge in [0.2, 0.25) is 0 Å². The minimum Gasteiger partial charge on any atom is -0.309 e. The molecule has 1 aromatic rings. The summed E-state index contributed by atoms with van der Waals surface area (Å²) in [6, 6.07) is 5.20. The van der Waals surface area contributed by atoms with Gasteiger partial charge in [0.15, 0.2) is 0 Å². The van der Waals surface area contributed by atoms with Crippen molar-refractivity contribution in [2.45, 2.75) is 25.8 Å². The maximum absolute atomic E-state index is 3.41. The quantitative estimate of drug-likeness (QED) is 0.713. The fraction of sp³-hybridized carbons (Fsp3) is 0.556. The van der Waals surface area contributed by atoms with Crippen LogP contribution < -0.4 is 5.32 Å². The molecule has 0 aliphatic carbocycles. The molecule has 0 radical (unpaired) electrons. The van der Waals surface area contributed by atoms with E-state index in [9.17, 15) is 0 Å². The van der Waals surface area contributed by atoms with Gasteiger partial charge in [-0.25, -0.2) is 0 Å². The molecule has 1 atom stereocenters. The second-order valence-electron chi connectivity index (χ2n) is 2.95. The van der Waals surface area contributed by atoms with Crippen molar-refractivity contribution in [3.8, 4) is 0 Å². The highest BCUT2D eigenvalue weighted by Gasteiger charge is 2.19. The van der Waals surface area contributed by atoms with Gasteiger partial charge in [0.1, 0.15) is 0 Å². The van der Waals surface area contributed by atoms with Crippen LogP contribution >= 0.6 is 11.3 Å². The van der Waals surface area contributed by atoms with Crippen LogP contribution in [0.1, 0.15) is 29.1 Å². The highest BCUT2D eigenvalue weighted by atomic mass is 32.1. The Morgan fingerprint density at radius 1 is 1.64 bits per heavy atom. The van der Waals surface area contributed by atoms with Crippen LogP contribution in [0, 0.1) is 0 Å². The third-order valence-electron chi connectivity index (χ3n) is 2.20. The van der Waals surface area contributed by atoms with Crippen LogP contribution in [0.5, 0.6) is 0 Å². The minimum atomic E-state index is 0.681. The van der Waals surface area contributed by atoms with Crippen molar-refractivity contribution in [1.29, 1.82) is 0 Å². The van der Waals surface area contributed by atoms with Gasteiger partial charge in [-0.3, -0.25) is 0 Å². The Balaban J connectivity index is 2.11. The molecule has 1 aliphatic rings. The number of aryl methyl sites for hydroxylation is 1. The Morgan fingerprint density at radius 2 is 2.45 bits per heavy atom. The summed E-state index contributed by atoms with van der Waals surface area (Å²) in [5.74, 6) is 0. The second kappa shape index (κ2) is 2.95. The van der Waals surface area contributed by atoms with E-state index in [0.29, 0.717) is 6.04 Å². The zero-order valence-corrected chi connectivity index (χ0v) is 7.58. The molecule has 0 bridgehead atoms. The number of hydrogen-bond acceptors (Lipinski definition) is 2. The van der Waals surface area contributed by atoms with Crippen molar-refractivity contribution >= 4 is 11.3 Å². The molecule has 0 spiro atoms. The lowest BCUT2D eigenvalue weighted by molar-refractivity contribution is 0.389. The van der Waals surface area contributed by atoms with Gasteiger partial charge in [-0.1, -0.05) is 6.92 Å². The van der Waals surface area contributed by atoms with Crippen LogP contribution in [0.25, 0.3) is 0 Å². The molecule has 0 amide bonds. The van der Waals surface area contributed by atoms with E-state index in [4.69, 9.17) is 0 Å². The lowest BCUT2D eigenvalue weighted by Crippen LogP contribution is -2.34. The van der Waals surface area contributed by atoms with Crippen LogP contribution in [0.15, 0.2) is 12.1 Å². The van der Waals surface area contributed by atoms with Crippen molar-refractivity contribution in [2.75, 3.05) is 6.54 Å². The van der Waals surface area contributed by atoms with Crippen molar-refractivity contribution in [2.24, 2.45) is 0 Å². The lowest BCUT2D eigenvalue weighted by Gasteiger charge is -2.26. The number of hydrogen-bond donors (Lipinski definition) is 1. The topological polar surface area (TPSA) is 12.0 Å². The Labute approximate surface area is 71.4 Å². The molecule has 1 fully saturated rings. The first-order chi connectivity index (χ1) is 5.40. The van der Waals surface area contributed by atoms with Crippen LogP contribution in [0.2, 0.25) is 0 Å². The molecule has 60 valence electrons. The average molecular weight is 167 g/mol. The van der Waals surface area contributed by atoms with Crippen LogP contribution in [-0.4, -0.2) is 6.54 Å². The molecule has 2 heteroatoms. The maximum Gasteiger partial charge on any atom is 0.0427 e. The van der Waals surface area contributed by atoms with Gasteiger partial charge in [0.05, 0.1) is 0 Å². The van der Waals surface area contributed by atoms with Gasteiger partial charge in [-0.2, -0.15) is 0 Å². The van der Waals surface area contributed by atoms with Gasteiger partial charge in [-0.15, -0.1) is 11.3 Å². The van der Waals surface area contributed by atoms with Crippen molar-refractivity contribution < 1.29 is 0 Å². The van der Waals surface area contributed by atoms with Crippen LogP contribution in [-0.2, 0) is 6.42 Å². The zero-order chi connectivity index (χ0) is 7.68. The van der Waals surface area contributed by atoms with E-state index >= 15 is 0 Å². The molecule has 0 aromatic carbocycles. The van der Waals surface area contributed by atoms with E-state index < -0.39 is 0 Å². The predicted octanol–water partition coefficient (Wildman–Crippen LogP) is 2.34. The molecule has 1 N–H and O–H groups in total. The fourth-order valence-corrected chi connectivity index (χ4v) is 2.37. The number of nitrogens with one attached hydrogen (secondary N) is 1. The van der Waals surface area contributed by atoms with Crippen molar-refractivity contribution in [1.82, 2.24) is 5.32 Å². The van der Waals surface area contributed by atoms with E-state index in [1.54, 1.807) is 0 Å². The molecule has 1 nitrogen and oxygen atoms in total. The van der Waals surface area contributed by atoms with Gasteiger partial charge < -0.3 is 5.32 Å². The summed E-state index contributed by atoms with van der Waals surface area (Å²) in [6.45, 7) is 3.41. The van der Waals surface area contributed by atoms with E-state index in [-0.39, 0.29) is 0 Å². The summed E-state index contributed by atoms with van der Waals surface area (Å²) in [5, 5.41) is 3.41. The molecule has 11 heavy (non-hydrogen) atoms. The molecule has 2 rings (SSSR count). The van der Waals surface area contributed by atoms with Crippen LogP contribution in [0.4, 0.5) is 0 Å². The van der Waals surface area contributed by atoms with Crippen molar-refractivity contribution in [3.05, 3.63) is 21.9 Å². The Kier molecular flexibility index (Phi) is 1.96. The smallest absolute Gasteiger partial charge is 0.0427 e. The molecule has 1 aliphatic heterocycles. The zero-order valence-electron chi connectivity index (χ0n) is 6.76. The first-order valence-corrected chi connectivity index (χ1v) is 5.04. The minimum absolute atomic E-state index is 0.681. The summed E-state index contributed by atoms with van der Waals surface area (Å²) >= 11 is 1.95. The van der Waals surface area contributed by atoms with Gasteiger partial charge >= 0.3 is 0 Å². The van der Waals surface area contributed by atoms with Crippen molar-refractivity contribution in [3.63, 3.8) is 0 Å². The summed E-state index contributed by atoms with van der Waals surface area (Å²) in [4.78, 5) is 3.03. The van der Waals surface area contributed by atoms with E-state index in [1.165, 1.54) is 29.1 Å². The lowest BCUT2D eigenvalue weighted by atomic mass is 10.1. The Morgan fingerprint density at radius 3 is 2.91 bits per heavy atom. The normalized spacial score (nSPS) is 23.2. The summed E-state index contributed by atoms with van der Waals surface area (Å²) in [5.41, 5.74) is 0. The summed E-state index contributed by atoms with van der Waals surface area (Å²) < 4.78 is 0. The number of thiophene rings is 1. The largest absolute Gasteiger partial charge is 0.309 e. The molecule has 1 saturated heterocycles. The number of rotatable bonds is 2. The average Bonchev–Trinajstić information content (AvgIpc) is 2.32. The summed E-state index contributed by atoms with van der Waals surface area (Å²) in [7, 11) is 0. The maximum atomic E-state index is 3.41. The first-order valence-electron chi connectivity index (χ1n) is 4.22. The molecule has 1 aromatic heterocycles. The summed E-state index contributed by atoms with van der Waals surface area (Å²) in [6.07, 6.45) is 2.50. The monoisotopic (exact) mass is 167 g/mol. The van der Waals surface area contributed by atoms with Gasteiger partial charge in [0.25, 0.3) is 0 Å². The van der Waals surface area contributed by atoms with Crippen LogP contribution in [0.3, 0.4) is 0 Å². The first kappa shape index (κ1) is 7.32. The fourth-order valence-electron chi connectivity index (χ4n) is 1.30. The Hall–Kier alpha value is -0.340. The molecule has 0 unspecified atom stereocenters. The Bertz CT molecular complexity index is 237. The third kappa shape index (κ3) is 1.33. The highest BCUT2D eigenvalue weighted by molar-refractivity contribution is 7.12. The molecule has 0 saturated carbocycles. The third-order valence-corrected chi connectivity index (χ3v) is 3.54. The molecular formula is C9H13NS. The van der Waals surface area contributed by atoms with Gasteiger partial charge in [-0.05, 0) is 31.5 Å². The highest BCUT2D eigenvalue weighted by Crippen LogP contribution is 2.29. The predicted molar refractivity (Wildman–Crippen MR) is 49.1 cm³/mol. The van der Waals surface area contributed by atoms with Gasteiger partial charge in [0, 0.05) is 15.8 Å². The second-order valence-corrected chi connectivity index (χ2v) is 4.15. The van der Waals surface area contributed by atoms with E-state index in [2.05, 4.69) is 24.4 Å². The van der Waals surface area contributed by atoms with E-state index in [1.807, 2.05) is 11.3 Å². The SMILES string of the molecule is CCc1ccc([C@@H]2CCN2)s1. The molecule has 2 heterocycles. The standard InChI is InChI=1S/C9H13NS/c1-2-7-3-4-9(11-7)8-5-6-10-8/h3-4,8,10H,2,5-6H2,1H3/t8-/m0/s1.